The molecule has 0 unspecified atom stereocenters. The molecule has 0 aliphatic heterocycles. The van der Waals surface area contributed by atoms with Gasteiger partial charge in [-0.15, -0.1) is 0 Å². The summed E-state index contributed by atoms with van der Waals surface area (Å²) < 4.78 is 5.48. The van der Waals surface area contributed by atoms with Crippen LogP contribution in [0.15, 0.2) is 29.4 Å². The maximum Gasteiger partial charge on any atom is 0.188 e. The van der Waals surface area contributed by atoms with Crippen molar-refractivity contribution < 1.29 is 4.74 Å². The van der Waals surface area contributed by atoms with Gasteiger partial charge in [-0.1, -0.05) is 12.5 Å². The number of nitrogens with one attached hydrogen (secondary N) is 1. The molecule has 1 heterocycles. The third-order valence-electron chi connectivity index (χ3n) is 4.39. The normalized spacial score (nSPS) is 17.0. The maximum atomic E-state index is 5.97. The molecule has 3 N–H and O–H groups in total. The number of guanidine groups is 1. The summed E-state index contributed by atoms with van der Waals surface area (Å²) in [5, 5.41) is 3.18. The van der Waals surface area contributed by atoms with Crippen LogP contribution >= 0.6 is 0 Å². The van der Waals surface area contributed by atoms with E-state index in [9.17, 15) is 0 Å². The largest absolute Gasteiger partial charge is 0.382 e. The van der Waals surface area contributed by atoms with Crippen LogP contribution in [-0.2, 0) is 11.2 Å². The van der Waals surface area contributed by atoms with Crippen molar-refractivity contribution in [3.63, 3.8) is 0 Å². The maximum absolute atomic E-state index is 5.97. The van der Waals surface area contributed by atoms with Crippen LogP contribution in [0.2, 0.25) is 0 Å². The van der Waals surface area contributed by atoms with Crippen molar-refractivity contribution in [3.8, 4) is 0 Å². The zero-order valence-electron chi connectivity index (χ0n) is 13.6. The minimum absolute atomic E-state index is 0.322. The molecule has 0 atom stereocenters. The van der Waals surface area contributed by atoms with Crippen LogP contribution in [0, 0.1) is 5.41 Å². The van der Waals surface area contributed by atoms with E-state index >= 15 is 0 Å². The molecule has 0 bridgehead atoms. The first-order valence-corrected chi connectivity index (χ1v) is 8.25. The van der Waals surface area contributed by atoms with Crippen molar-refractivity contribution in [1.29, 1.82) is 0 Å². The fourth-order valence-corrected chi connectivity index (χ4v) is 2.77. The number of pyridine rings is 1. The van der Waals surface area contributed by atoms with Gasteiger partial charge in [0, 0.05) is 44.6 Å². The fourth-order valence-electron chi connectivity index (χ4n) is 2.77. The van der Waals surface area contributed by atoms with Gasteiger partial charge in [-0.25, -0.2) is 0 Å². The van der Waals surface area contributed by atoms with E-state index < -0.39 is 0 Å². The first-order chi connectivity index (χ1) is 10.7. The van der Waals surface area contributed by atoms with Gasteiger partial charge in [0.2, 0.25) is 0 Å². The second-order valence-electron chi connectivity index (χ2n) is 6.00. The number of rotatable bonds is 9. The topological polar surface area (TPSA) is 72.5 Å². The highest BCUT2D eigenvalue weighted by molar-refractivity contribution is 5.77. The van der Waals surface area contributed by atoms with E-state index in [0.717, 1.165) is 44.8 Å². The van der Waals surface area contributed by atoms with Gasteiger partial charge in [-0.05, 0) is 43.7 Å². The van der Waals surface area contributed by atoms with E-state index in [0.29, 0.717) is 11.4 Å². The average molecular weight is 304 g/mol. The second kappa shape index (κ2) is 8.73. The summed E-state index contributed by atoms with van der Waals surface area (Å²) in [5.74, 6) is 0.540. The molecule has 1 aromatic heterocycles. The summed E-state index contributed by atoms with van der Waals surface area (Å²) in [7, 11) is 0. The SMILES string of the molecule is CCOCCC1(CN=C(N)NCCc2ccccn2)CCC1. The van der Waals surface area contributed by atoms with Gasteiger partial charge < -0.3 is 15.8 Å². The molecule has 1 aliphatic rings. The van der Waals surface area contributed by atoms with Crippen LogP contribution in [0.25, 0.3) is 0 Å². The number of hydrogen-bond donors (Lipinski definition) is 2. The molecule has 5 heteroatoms. The lowest BCUT2D eigenvalue weighted by Crippen LogP contribution is -2.38. The van der Waals surface area contributed by atoms with Crippen molar-refractivity contribution in [2.75, 3.05) is 26.3 Å². The Kier molecular flexibility index (Phi) is 6.65. The molecule has 0 spiro atoms. The van der Waals surface area contributed by atoms with Crippen LogP contribution in [0.1, 0.15) is 38.3 Å². The standard InChI is InChI=1S/C17H28N4O/c1-2-22-13-10-17(8-5-9-17)14-21-16(18)20-12-7-15-6-3-4-11-19-15/h3-4,6,11H,2,5,7-10,12-14H2,1H3,(H3,18,20,21). The van der Waals surface area contributed by atoms with E-state index in [4.69, 9.17) is 10.5 Å². The minimum Gasteiger partial charge on any atom is -0.382 e. The van der Waals surface area contributed by atoms with Crippen molar-refractivity contribution >= 4 is 5.96 Å². The molecule has 22 heavy (non-hydrogen) atoms. The molecule has 0 radical (unpaired) electrons. The average Bonchev–Trinajstić information content (AvgIpc) is 2.50. The third-order valence-corrected chi connectivity index (χ3v) is 4.39. The first-order valence-electron chi connectivity index (χ1n) is 8.25. The van der Waals surface area contributed by atoms with E-state index in [-0.39, 0.29) is 0 Å². The summed E-state index contributed by atoms with van der Waals surface area (Å²) in [4.78, 5) is 8.83. The lowest BCUT2D eigenvalue weighted by Gasteiger charge is -2.40. The lowest BCUT2D eigenvalue weighted by atomic mass is 9.67. The molecule has 0 aromatic carbocycles. The van der Waals surface area contributed by atoms with E-state index in [1.54, 1.807) is 0 Å². The number of hydrogen-bond acceptors (Lipinski definition) is 3. The molecule has 0 saturated heterocycles. The van der Waals surface area contributed by atoms with E-state index in [2.05, 4.69) is 15.3 Å². The number of aromatic nitrogens is 1. The van der Waals surface area contributed by atoms with Crippen LogP contribution in [0.4, 0.5) is 0 Å². The van der Waals surface area contributed by atoms with Crippen molar-refractivity contribution in [3.05, 3.63) is 30.1 Å². The Morgan fingerprint density at radius 1 is 1.45 bits per heavy atom. The highest BCUT2D eigenvalue weighted by atomic mass is 16.5. The molecular weight excluding hydrogens is 276 g/mol. The lowest BCUT2D eigenvalue weighted by molar-refractivity contribution is 0.0609. The number of nitrogens with two attached hydrogens (primary N) is 1. The predicted octanol–water partition coefficient (Wildman–Crippen LogP) is 2.13. The molecule has 1 aliphatic carbocycles. The molecule has 122 valence electrons. The predicted molar refractivity (Wildman–Crippen MR) is 89.8 cm³/mol. The fraction of sp³-hybridized carbons (Fsp3) is 0.647. The third kappa shape index (κ3) is 5.30. The summed E-state index contributed by atoms with van der Waals surface area (Å²) in [5.41, 5.74) is 7.35. The van der Waals surface area contributed by atoms with Crippen molar-refractivity contribution in [2.24, 2.45) is 16.1 Å². The number of ether oxygens (including phenoxy) is 1. The molecule has 0 amide bonds. The van der Waals surface area contributed by atoms with E-state index in [1.165, 1.54) is 19.3 Å². The number of nitrogens with zero attached hydrogens (tertiary/aromatic N) is 2. The Hall–Kier alpha value is -1.62. The van der Waals surface area contributed by atoms with Crippen molar-refractivity contribution in [1.82, 2.24) is 10.3 Å². The van der Waals surface area contributed by atoms with Crippen LogP contribution in [-0.4, -0.2) is 37.2 Å². The minimum atomic E-state index is 0.322. The second-order valence-corrected chi connectivity index (χ2v) is 6.00. The zero-order valence-corrected chi connectivity index (χ0v) is 13.6. The molecule has 1 aromatic rings. The highest BCUT2D eigenvalue weighted by Crippen LogP contribution is 2.44. The van der Waals surface area contributed by atoms with Crippen LogP contribution in [0.5, 0.6) is 0 Å². The quantitative estimate of drug-likeness (QED) is 0.416. The van der Waals surface area contributed by atoms with Gasteiger partial charge >= 0.3 is 0 Å². The molecule has 1 saturated carbocycles. The van der Waals surface area contributed by atoms with Crippen LogP contribution < -0.4 is 11.1 Å². The monoisotopic (exact) mass is 304 g/mol. The Labute approximate surface area is 133 Å². The summed E-state index contributed by atoms with van der Waals surface area (Å²) in [6.45, 7) is 5.23. The molecule has 1 fully saturated rings. The van der Waals surface area contributed by atoms with Gasteiger partial charge in [-0.3, -0.25) is 9.98 Å². The summed E-state index contributed by atoms with van der Waals surface area (Å²) >= 11 is 0. The van der Waals surface area contributed by atoms with Gasteiger partial charge in [0.15, 0.2) is 5.96 Å². The van der Waals surface area contributed by atoms with E-state index in [1.807, 2.05) is 31.3 Å². The van der Waals surface area contributed by atoms with Gasteiger partial charge in [-0.2, -0.15) is 0 Å². The van der Waals surface area contributed by atoms with Gasteiger partial charge in [0.1, 0.15) is 0 Å². The Balaban J connectivity index is 1.69. The summed E-state index contributed by atoms with van der Waals surface area (Å²) in [6, 6.07) is 5.94. The molecular formula is C17H28N4O. The van der Waals surface area contributed by atoms with Crippen molar-refractivity contribution in [2.45, 2.75) is 39.0 Å². The Morgan fingerprint density at radius 3 is 2.95 bits per heavy atom. The molecule has 5 nitrogen and oxygen atoms in total. The highest BCUT2D eigenvalue weighted by Gasteiger charge is 2.36. The first kappa shape index (κ1) is 16.7. The Morgan fingerprint density at radius 2 is 2.32 bits per heavy atom. The summed E-state index contributed by atoms with van der Waals surface area (Å²) in [6.07, 6.45) is 7.54. The number of aliphatic imine (C=N–C) groups is 1. The van der Waals surface area contributed by atoms with Gasteiger partial charge in [0.25, 0.3) is 0 Å². The molecule has 2 rings (SSSR count). The van der Waals surface area contributed by atoms with Crippen LogP contribution in [0.3, 0.4) is 0 Å². The zero-order chi connectivity index (χ0) is 15.7. The Bertz CT molecular complexity index is 457. The van der Waals surface area contributed by atoms with Gasteiger partial charge in [0.05, 0.1) is 0 Å². The smallest absolute Gasteiger partial charge is 0.188 e.